The number of furan rings is 2. The van der Waals surface area contributed by atoms with Gasteiger partial charge in [-0.25, -0.2) is 19.8 Å². The zero-order chi connectivity index (χ0) is 28.9. The van der Waals surface area contributed by atoms with Crippen molar-refractivity contribution in [3.63, 3.8) is 0 Å². The van der Waals surface area contributed by atoms with Crippen LogP contribution in [0.5, 0.6) is 0 Å². The van der Waals surface area contributed by atoms with Crippen molar-refractivity contribution in [2.24, 2.45) is 11.8 Å². The van der Waals surface area contributed by atoms with Crippen LogP contribution in [0.1, 0.15) is 23.6 Å². The van der Waals surface area contributed by atoms with E-state index in [1.54, 1.807) is 82.8 Å². The molecule has 6 atom stereocenters. The molecule has 12 heteroatoms. The van der Waals surface area contributed by atoms with E-state index in [0.717, 1.165) is 9.80 Å². The second kappa shape index (κ2) is 9.14. The first kappa shape index (κ1) is 25.5. The van der Waals surface area contributed by atoms with E-state index in [-0.39, 0.29) is 0 Å². The van der Waals surface area contributed by atoms with Crippen LogP contribution in [0.15, 0.2) is 94.2 Å². The standard InChI is InChI=1S/C30H20Cl2N4O6/c31-15-5-1-7-17(13-15)33-27(37)21-23(19-9-3-11-41-19)36-26-22(24(20-10-4-12-42-20)35(36)25(21)29(33)39)28(38)34(30(26)40)18-8-2-6-16(32)14-18/h1-14,21-26H/t21-,22-,23-,24+,25+,26-/m1/s1. The number of hydrazine groups is 1. The molecule has 0 spiro atoms. The van der Waals surface area contributed by atoms with Gasteiger partial charge < -0.3 is 8.83 Å². The smallest absolute Gasteiger partial charge is 0.253 e. The van der Waals surface area contributed by atoms with Gasteiger partial charge in [-0.2, -0.15) is 0 Å². The Kier molecular flexibility index (Phi) is 5.55. The van der Waals surface area contributed by atoms with Gasteiger partial charge in [-0.15, -0.1) is 0 Å². The fraction of sp³-hybridized carbons (Fsp3) is 0.200. The molecule has 0 N–H and O–H groups in total. The summed E-state index contributed by atoms with van der Waals surface area (Å²) in [4.78, 5) is 59.0. The van der Waals surface area contributed by atoms with Crippen LogP contribution in [-0.2, 0) is 19.2 Å². The molecular weight excluding hydrogens is 583 g/mol. The lowest BCUT2D eigenvalue weighted by molar-refractivity contribution is -0.136. The number of hydrogen-bond acceptors (Lipinski definition) is 8. The Hall–Kier alpha value is -4.22. The normalized spacial score (nSPS) is 29.1. The minimum atomic E-state index is -1.03. The van der Waals surface area contributed by atoms with Crippen LogP contribution >= 0.6 is 23.2 Å². The number of nitrogens with zero attached hydrogens (tertiary/aromatic N) is 4. The van der Waals surface area contributed by atoms with Gasteiger partial charge >= 0.3 is 0 Å². The molecular formula is C30H20Cl2N4O6. The largest absolute Gasteiger partial charge is 0.468 e. The number of halogens is 2. The molecule has 4 amide bonds. The fourth-order valence-electron chi connectivity index (χ4n) is 7.05. The molecule has 0 bridgehead atoms. The Morgan fingerprint density at radius 2 is 0.952 bits per heavy atom. The van der Waals surface area contributed by atoms with Gasteiger partial charge in [-0.1, -0.05) is 35.3 Å². The maximum Gasteiger partial charge on any atom is 0.253 e. The predicted molar refractivity (Wildman–Crippen MR) is 149 cm³/mol. The second-order valence-electron chi connectivity index (χ2n) is 10.6. The Bertz CT molecular complexity index is 1650. The molecule has 0 aliphatic carbocycles. The van der Waals surface area contributed by atoms with Crippen molar-refractivity contribution in [2.75, 3.05) is 9.80 Å². The first-order valence-corrected chi connectivity index (χ1v) is 14.0. The highest BCUT2D eigenvalue weighted by Gasteiger charge is 2.74. The number of imide groups is 2. The third-order valence-electron chi connectivity index (χ3n) is 8.53. The number of hydrogen-bond donors (Lipinski definition) is 0. The van der Waals surface area contributed by atoms with Crippen LogP contribution in [0.4, 0.5) is 11.4 Å². The van der Waals surface area contributed by atoms with E-state index in [4.69, 9.17) is 32.0 Å². The molecule has 2 aromatic carbocycles. The highest BCUT2D eigenvalue weighted by Crippen LogP contribution is 2.59. The molecule has 4 saturated heterocycles. The zero-order valence-electron chi connectivity index (χ0n) is 21.5. The summed E-state index contributed by atoms with van der Waals surface area (Å²) >= 11 is 12.4. The molecule has 0 unspecified atom stereocenters. The lowest BCUT2D eigenvalue weighted by Crippen LogP contribution is -2.50. The van der Waals surface area contributed by atoms with Gasteiger partial charge in [-0.3, -0.25) is 19.2 Å². The Labute approximate surface area is 248 Å². The predicted octanol–water partition coefficient (Wildman–Crippen LogP) is 4.62. The minimum absolute atomic E-state index is 0.338. The van der Waals surface area contributed by atoms with Crippen molar-refractivity contribution < 1.29 is 28.0 Å². The third kappa shape index (κ3) is 3.34. The highest BCUT2D eigenvalue weighted by atomic mass is 35.5. The number of carbonyl (C=O) groups excluding carboxylic acids is 4. The Morgan fingerprint density at radius 3 is 1.31 bits per heavy atom. The van der Waals surface area contributed by atoms with Crippen molar-refractivity contribution in [3.05, 3.63) is 107 Å². The summed E-state index contributed by atoms with van der Waals surface area (Å²) in [6, 6.07) is 16.0. The first-order valence-electron chi connectivity index (χ1n) is 13.3. The maximum absolute atomic E-state index is 14.2. The van der Waals surface area contributed by atoms with Crippen molar-refractivity contribution in [1.82, 2.24) is 10.0 Å². The lowest BCUT2D eigenvalue weighted by Gasteiger charge is -2.34. The number of fused-ring (bicyclic) bond motifs is 5. The topological polar surface area (TPSA) is 108 Å². The maximum atomic E-state index is 14.2. The van der Waals surface area contributed by atoms with Gasteiger partial charge in [0.25, 0.3) is 11.8 Å². The molecule has 0 radical (unpaired) electrons. The molecule has 6 heterocycles. The molecule has 0 saturated carbocycles. The van der Waals surface area contributed by atoms with Crippen LogP contribution in [-0.4, -0.2) is 45.7 Å². The molecule has 42 heavy (non-hydrogen) atoms. The average Bonchev–Trinajstić information content (AvgIpc) is 3.79. The van der Waals surface area contributed by atoms with Crippen LogP contribution in [0, 0.1) is 11.8 Å². The van der Waals surface area contributed by atoms with E-state index in [0.29, 0.717) is 32.9 Å². The minimum Gasteiger partial charge on any atom is -0.468 e. The molecule has 4 aliphatic rings. The summed E-state index contributed by atoms with van der Waals surface area (Å²) in [5.74, 6) is -3.00. The summed E-state index contributed by atoms with van der Waals surface area (Å²) in [6.07, 6.45) is 2.95. The van der Waals surface area contributed by atoms with Gasteiger partial charge in [0, 0.05) is 10.0 Å². The summed E-state index contributed by atoms with van der Waals surface area (Å²) < 4.78 is 11.6. The molecule has 210 valence electrons. The van der Waals surface area contributed by atoms with Crippen molar-refractivity contribution >= 4 is 58.2 Å². The summed E-state index contributed by atoms with van der Waals surface area (Å²) in [6.45, 7) is 0. The van der Waals surface area contributed by atoms with Gasteiger partial charge in [0.1, 0.15) is 23.6 Å². The lowest BCUT2D eigenvalue weighted by atomic mass is 9.87. The molecule has 4 aromatic rings. The van der Waals surface area contributed by atoms with Crippen molar-refractivity contribution in [3.8, 4) is 0 Å². The number of amides is 4. The molecule has 10 nitrogen and oxygen atoms in total. The third-order valence-corrected chi connectivity index (χ3v) is 9.00. The molecule has 2 aromatic heterocycles. The van der Waals surface area contributed by atoms with E-state index in [9.17, 15) is 19.2 Å². The Balaban J connectivity index is 1.31. The number of benzene rings is 2. The van der Waals surface area contributed by atoms with E-state index >= 15 is 0 Å². The quantitative estimate of drug-likeness (QED) is 0.311. The van der Waals surface area contributed by atoms with Gasteiger partial charge in [0.2, 0.25) is 11.8 Å². The monoisotopic (exact) mass is 602 g/mol. The second-order valence-corrected chi connectivity index (χ2v) is 11.5. The van der Waals surface area contributed by atoms with E-state index in [2.05, 4.69) is 0 Å². The fourth-order valence-corrected chi connectivity index (χ4v) is 7.42. The van der Waals surface area contributed by atoms with Gasteiger partial charge in [0.05, 0.1) is 47.8 Å². The molecule has 8 rings (SSSR count). The number of anilines is 2. The number of rotatable bonds is 4. The van der Waals surface area contributed by atoms with Crippen LogP contribution in [0.2, 0.25) is 10.0 Å². The SMILES string of the molecule is O=C1[C@H]2[C@@H](C(=O)N1c1cccc(Cl)c1)N1[C@@H](c3ccco3)[C@H]3C(=O)N(c4cccc(Cl)c4)C(=O)[C@@H]3N1[C@@H]2c1ccco1. The van der Waals surface area contributed by atoms with Crippen molar-refractivity contribution in [2.45, 2.75) is 24.2 Å². The summed E-state index contributed by atoms with van der Waals surface area (Å²) in [5.41, 5.74) is 0.676. The van der Waals surface area contributed by atoms with E-state index in [1.807, 2.05) is 0 Å². The van der Waals surface area contributed by atoms with E-state index in [1.165, 1.54) is 12.5 Å². The summed E-state index contributed by atoms with van der Waals surface area (Å²) in [5, 5.41) is 4.13. The number of carbonyl (C=O) groups is 4. The Morgan fingerprint density at radius 1 is 0.524 bits per heavy atom. The van der Waals surface area contributed by atoms with Gasteiger partial charge in [0.15, 0.2) is 0 Å². The van der Waals surface area contributed by atoms with Crippen LogP contribution < -0.4 is 9.80 Å². The highest BCUT2D eigenvalue weighted by molar-refractivity contribution is 6.32. The van der Waals surface area contributed by atoms with Gasteiger partial charge in [-0.05, 0) is 60.7 Å². The van der Waals surface area contributed by atoms with Crippen LogP contribution in [0.3, 0.4) is 0 Å². The molecule has 4 aliphatic heterocycles. The van der Waals surface area contributed by atoms with Crippen molar-refractivity contribution in [1.29, 1.82) is 0 Å². The molecule has 4 fully saturated rings. The zero-order valence-corrected chi connectivity index (χ0v) is 23.1. The average molecular weight is 603 g/mol. The first-order chi connectivity index (χ1) is 20.4. The van der Waals surface area contributed by atoms with Crippen LogP contribution in [0.25, 0.3) is 0 Å². The summed E-state index contributed by atoms with van der Waals surface area (Å²) in [7, 11) is 0. The van der Waals surface area contributed by atoms with E-state index < -0.39 is 59.6 Å².